The Bertz CT molecular complexity index is 678. The number of nitrogens with one attached hydrogen (secondary N) is 1. The van der Waals surface area contributed by atoms with Crippen LogP contribution in [0.2, 0.25) is 0 Å². The topological polar surface area (TPSA) is 72.2 Å². The van der Waals surface area contributed by atoms with Crippen molar-refractivity contribution in [2.45, 2.75) is 26.3 Å². The Kier molecular flexibility index (Phi) is 14.8. The summed E-state index contributed by atoms with van der Waals surface area (Å²) in [7, 11) is 0. The lowest BCUT2D eigenvalue weighted by Crippen LogP contribution is -2.41. The molecule has 2 aromatic carbocycles. The average molecular weight is 485 g/mol. The predicted octanol–water partition coefficient (Wildman–Crippen LogP) is 5.56. The summed E-state index contributed by atoms with van der Waals surface area (Å²) in [5.74, 6) is 5.06. The number of carbonyl (C=O) groups is 2. The zero-order valence-electron chi connectivity index (χ0n) is 14.6. The zero-order valence-corrected chi connectivity index (χ0v) is 18.5. The molecule has 0 aromatic heterocycles. The first-order valence-electron chi connectivity index (χ1n) is 7.25. The van der Waals surface area contributed by atoms with Crippen LogP contribution in [0.25, 0.3) is 0 Å². The summed E-state index contributed by atoms with van der Waals surface area (Å²) in [4.78, 5) is 21.0. The van der Waals surface area contributed by atoms with Crippen LogP contribution >= 0.6 is 51.5 Å². The molecule has 0 saturated carbocycles. The number of hydrazine groups is 1. The Balaban J connectivity index is 0. The molecule has 0 unspecified atom stereocenters. The maximum absolute atomic E-state index is 10.6. The van der Waals surface area contributed by atoms with E-state index in [-0.39, 0.29) is 17.9 Å². The molecule has 144 valence electrons. The normalized spacial score (nSPS) is 9.50. The van der Waals surface area contributed by atoms with E-state index >= 15 is 0 Å². The van der Waals surface area contributed by atoms with E-state index in [4.69, 9.17) is 29.0 Å². The first-order valence-corrected chi connectivity index (χ1v) is 8.80. The number of carbonyl (C=O) groups excluding carboxylic acids is 2. The van der Waals surface area contributed by atoms with E-state index in [0.29, 0.717) is 11.1 Å². The number of hydrogen-bond donors (Lipinski definition) is 2. The highest BCUT2D eigenvalue weighted by Gasteiger charge is 2.04. The van der Waals surface area contributed by atoms with Crippen molar-refractivity contribution in [3.63, 3.8) is 0 Å². The summed E-state index contributed by atoms with van der Waals surface area (Å²) in [5.41, 5.74) is 3.72. The molecule has 3 N–H and O–H groups in total. The molecule has 8 heteroatoms. The van der Waals surface area contributed by atoms with Gasteiger partial charge in [0.25, 0.3) is 10.5 Å². The number of rotatable bonds is 2. The molecule has 0 fully saturated rings. The van der Waals surface area contributed by atoms with Crippen molar-refractivity contribution in [2.75, 3.05) is 0 Å². The Morgan fingerprint density at radius 2 is 1.35 bits per heavy atom. The molecular weight excluding hydrogens is 462 g/mol. The molecule has 0 atom stereocenters. The second-order valence-electron chi connectivity index (χ2n) is 5.79. The standard InChI is InChI=1S/C7H4BrClO.C7H5ClO.C4H12N2.ClH/c8-6-4-2-1-3-5(6)7(9)10;8-7(9)6-4-2-1-3-5-6;1-4(2,3)6-5;/h1-4H;1-5H;6H,5H2,1-3H3;1H. The lowest BCUT2D eigenvalue weighted by atomic mass is 10.1. The fourth-order valence-corrected chi connectivity index (χ4v) is 2.06. The van der Waals surface area contributed by atoms with E-state index < -0.39 is 10.5 Å². The zero-order chi connectivity index (χ0) is 19.5. The second-order valence-corrected chi connectivity index (χ2v) is 7.33. The Hall–Kier alpha value is -0.950. The highest BCUT2D eigenvalue weighted by Crippen LogP contribution is 2.17. The number of hydrogen-bond acceptors (Lipinski definition) is 4. The fourth-order valence-electron chi connectivity index (χ4n) is 1.19. The van der Waals surface area contributed by atoms with E-state index in [1.165, 1.54) is 0 Å². The molecule has 0 heterocycles. The van der Waals surface area contributed by atoms with Crippen molar-refractivity contribution in [3.8, 4) is 0 Å². The summed E-state index contributed by atoms with van der Waals surface area (Å²) in [6, 6.07) is 15.8. The molecule has 26 heavy (non-hydrogen) atoms. The van der Waals surface area contributed by atoms with Gasteiger partial charge in [0.1, 0.15) is 0 Å². The lowest BCUT2D eigenvalue weighted by Gasteiger charge is -2.14. The smallest absolute Gasteiger partial charge is 0.253 e. The van der Waals surface area contributed by atoms with Gasteiger partial charge in [0.05, 0.1) is 0 Å². The van der Waals surface area contributed by atoms with Gasteiger partial charge in [-0.2, -0.15) is 0 Å². The van der Waals surface area contributed by atoms with Gasteiger partial charge in [0.15, 0.2) is 0 Å². The average Bonchev–Trinajstić information content (AvgIpc) is 2.56. The van der Waals surface area contributed by atoms with Gasteiger partial charge in [-0.1, -0.05) is 58.4 Å². The van der Waals surface area contributed by atoms with Crippen molar-refractivity contribution in [1.29, 1.82) is 0 Å². The van der Waals surface area contributed by atoms with Gasteiger partial charge < -0.3 is 0 Å². The van der Waals surface area contributed by atoms with Crippen molar-refractivity contribution in [2.24, 2.45) is 5.84 Å². The Morgan fingerprint density at radius 3 is 1.62 bits per heavy atom. The first-order chi connectivity index (χ1) is 11.6. The third-order valence-corrected chi connectivity index (χ3v) is 3.63. The molecule has 4 nitrogen and oxygen atoms in total. The van der Waals surface area contributed by atoms with Crippen LogP contribution in [-0.4, -0.2) is 16.0 Å². The van der Waals surface area contributed by atoms with Crippen molar-refractivity contribution in [1.82, 2.24) is 5.43 Å². The number of nitrogens with two attached hydrogens (primary N) is 1. The van der Waals surface area contributed by atoms with Gasteiger partial charge in [-0.3, -0.25) is 20.9 Å². The summed E-state index contributed by atoms with van der Waals surface area (Å²) < 4.78 is 0.731. The highest BCUT2D eigenvalue weighted by molar-refractivity contribution is 9.10. The molecular formula is C18H22BrCl3N2O2. The molecule has 0 radical (unpaired) electrons. The Labute approximate surface area is 178 Å². The number of benzene rings is 2. The highest BCUT2D eigenvalue weighted by atomic mass is 79.9. The lowest BCUT2D eigenvalue weighted by molar-refractivity contribution is 0.107. The van der Waals surface area contributed by atoms with Crippen molar-refractivity contribution < 1.29 is 9.59 Å². The van der Waals surface area contributed by atoms with Gasteiger partial charge in [0.2, 0.25) is 0 Å². The van der Waals surface area contributed by atoms with Gasteiger partial charge in [-0.05, 0) is 56.1 Å². The summed E-state index contributed by atoms with van der Waals surface area (Å²) in [6.07, 6.45) is 0. The molecule has 0 amide bonds. The van der Waals surface area contributed by atoms with Crippen LogP contribution in [0.4, 0.5) is 0 Å². The van der Waals surface area contributed by atoms with Gasteiger partial charge in [0, 0.05) is 21.1 Å². The van der Waals surface area contributed by atoms with Gasteiger partial charge in [-0.25, -0.2) is 0 Å². The molecule has 0 aliphatic heterocycles. The quantitative estimate of drug-likeness (QED) is 0.332. The molecule has 0 aliphatic rings. The third-order valence-electron chi connectivity index (χ3n) is 2.52. The van der Waals surface area contributed by atoms with E-state index in [2.05, 4.69) is 21.4 Å². The molecule has 2 aromatic rings. The van der Waals surface area contributed by atoms with Gasteiger partial charge >= 0.3 is 0 Å². The van der Waals surface area contributed by atoms with E-state index in [9.17, 15) is 9.59 Å². The van der Waals surface area contributed by atoms with Gasteiger partial charge in [-0.15, -0.1) is 12.4 Å². The molecule has 2 rings (SSSR count). The van der Waals surface area contributed by atoms with Crippen LogP contribution in [0, 0.1) is 0 Å². The molecule has 0 saturated heterocycles. The van der Waals surface area contributed by atoms with Crippen LogP contribution in [0.15, 0.2) is 59.1 Å². The number of halogens is 4. The molecule has 0 spiro atoms. The van der Waals surface area contributed by atoms with Crippen LogP contribution in [0.5, 0.6) is 0 Å². The molecule has 0 aliphatic carbocycles. The second kappa shape index (κ2) is 14.2. The monoisotopic (exact) mass is 482 g/mol. The van der Waals surface area contributed by atoms with Crippen LogP contribution in [-0.2, 0) is 0 Å². The first kappa shape index (κ1) is 27.3. The van der Waals surface area contributed by atoms with Crippen molar-refractivity contribution in [3.05, 3.63) is 70.2 Å². The minimum absolute atomic E-state index is 0. The predicted molar refractivity (Wildman–Crippen MR) is 115 cm³/mol. The maximum atomic E-state index is 10.6. The summed E-state index contributed by atoms with van der Waals surface area (Å²) in [5, 5.41) is -0.844. The van der Waals surface area contributed by atoms with Crippen LogP contribution < -0.4 is 11.3 Å². The Morgan fingerprint density at radius 1 is 0.923 bits per heavy atom. The fraction of sp³-hybridized carbons (Fsp3) is 0.222. The van der Waals surface area contributed by atoms with E-state index in [1.807, 2.05) is 32.9 Å². The van der Waals surface area contributed by atoms with Crippen molar-refractivity contribution >= 4 is 62.0 Å². The van der Waals surface area contributed by atoms with Crippen LogP contribution in [0.3, 0.4) is 0 Å². The molecule has 0 bridgehead atoms. The summed E-state index contributed by atoms with van der Waals surface area (Å²) in [6.45, 7) is 6.02. The van der Waals surface area contributed by atoms with E-state index in [0.717, 1.165) is 4.47 Å². The van der Waals surface area contributed by atoms with E-state index in [1.54, 1.807) is 42.5 Å². The summed E-state index contributed by atoms with van der Waals surface area (Å²) >= 11 is 13.6. The maximum Gasteiger partial charge on any atom is 0.253 e. The third kappa shape index (κ3) is 13.3. The minimum atomic E-state index is -0.438. The minimum Gasteiger partial charge on any atom is -0.276 e. The largest absolute Gasteiger partial charge is 0.276 e. The SMILES string of the molecule is CC(C)(C)NN.Cl.O=C(Cl)c1ccccc1.O=C(Cl)c1ccccc1Br. The van der Waals surface area contributed by atoms with Crippen LogP contribution in [0.1, 0.15) is 41.5 Å².